The van der Waals surface area contributed by atoms with Crippen LogP contribution in [0.1, 0.15) is 0 Å². The Hall–Kier alpha value is -1.76. The van der Waals surface area contributed by atoms with Gasteiger partial charge in [-0.05, 0) is 12.1 Å². The fraction of sp³-hybridized carbons (Fsp3) is 0.125. The van der Waals surface area contributed by atoms with Crippen molar-refractivity contribution in [2.75, 3.05) is 6.26 Å². The van der Waals surface area contributed by atoms with Gasteiger partial charge >= 0.3 is 5.22 Å². The lowest BCUT2D eigenvalue weighted by atomic mass is 10.3. The van der Waals surface area contributed by atoms with Crippen LogP contribution in [0.4, 0.5) is 0 Å². The van der Waals surface area contributed by atoms with Gasteiger partial charge in [0, 0.05) is 24.2 Å². The molecule has 0 N–H and O–H groups in total. The predicted molar refractivity (Wildman–Crippen MR) is 50.6 cm³/mol. The smallest absolute Gasteiger partial charge is 0.335 e. The number of aromatic nitrogens is 3. The average molecular weight is 225 g/mol. The standard InChI is InChI=1S/C8H7N3O3S/c1-15(12,13)8-11-10-7(14-8)6-2-4-9-5-3-6/h2-5H,1H3. The van der Waals surface area contributed by atoms with Gasteiger partial charge in [0.05, 0.1) is 0 Å². The minimum Gasteiger partial charge on any atom is -0.408 e. The van der Waals surface area contributed by atoms with Crippen molar-refractivity contribution in [3.63, 3.8) is 0 Å². The molecule has 0 atom stereocenters. The molecule has 0 fully saturated rings. The Morgan fingerprint density at radius 1 is 1.20 bits per heavy atom. The molecule has 7 heteroatoms. The van der Waals surface area contributed by atoms with Crippen LogP contribution in [0.3, 0.4) is 0 Å². The first-order valence-corrected chi connectivity index (χ1v) is 5.90. The summed E-state index contributed by atoms with van der Waals surface area (Å²) in [6.45, 7) is 0. The molecule has 0 aliphatic heterocycles. The van der Waals surface area contributed by atoms with Crippen LogP contribution >= 0.6 is 0 Å². The first-order valence-electron chi connectivity index (χ1n) is 4.01. The van der Waals surface area contributed by atoms with Gasteiger partial charge in [0.15, 0.2) is 0 Å². The summed E-state index contributed by atoms with van der Waals surface area (Å²) in [7, 11) is -3.45. The van der Waals surface area contributed by atoms with E-state index in [4.69, 9.17) is 4.42 Å². The molecule has 0 radical (unpaired) electrons. The molecule has 0 bridgehead atoms. The molecule has 0 saturated carbocycles. The van der Waals surface area contributed by atoms with Gasteiger partial charge in [0.2, 0.25) is 15.7 Å². The maximum Gasteiger partial charge on any atom is 0.335 e. The third-order valence-electron chi connectivity index (χ3n) is 1.65. The molecule has 0 unspecified atom stereocenters. The molecule has 2 rings (SSSR count). The minimum absolute atomic E-state index is 0.165. The Morgan fingerprint density at radius 2 is 1.87 bits per heavy atom. The van der Waals surface area contributed by atoms with Crippen molar-refractivity contribution in [1.29, 1.82) is 0 Å². The third-order valence-corrected chi connectivity index (χ3v) is 2.45. The Morgan fingerprint density at radius 3 is 2.40 bits per heavy atom. The highest BCUT2D eigenvalue weighted by atomic mass is 32.2. The molecule has 0 saturated heterocycles. The maximum atomic E-state index is 11.1. The van der Waals surface area contributed by atoms with Crippen LogP contribution in [0, 0.1) is 0 Å². The number of rotatable bonds is 2. The van der Waals surface area contributed by atoms with Crippen LogP contribution in [0.5, 0.6) is 0 Å². The largest absolute Gasteiger partial charge is 0.408 e. The summed E-state index contributed by atoms with van der Waals surface area (Å²) in [5, 5.41) is 6.69. The average Bonchev–Trinajstić information content (AvgIpc) is 2.67. The summed E-state index contributed by atoms with van der Waals surface area (Å²) in [5.41, 5.74) is 0.632. The molecule has 0 spiro atoms. The van der Waals surface area contributed by atoms with Gasteiger partial charge in [-0.2, -0.15) is 0 Å². The second-order valence-corrected chi connectivity index (χ2v) is 4.77. The second-order valence-electron chi connectivity index (χ2n) is 2.88. The SMILES string of the molecule is CS(=O)(=O)c1nnc(-c2ccncc2)o1. The van der Waals surface area contributed by atoms with Crippen molar-refractivity contribution < 1.29 is 12.8 Å². The van der Waals surface area contributed by atoms with Gasteiger partial charge < -0.3 is 4.42 Å². The molecule has 0 aliphatic carbocycles. The van der Waals surface area contributed by atoms with Crippen molar-refractivity contribution in [3.05, 3.63) is 24.5 Å². The molecule has 15 heavy (non-hydrogen) atoms. The Kier molecular flexibility index (Phi) is 2.24. The number of pyridine rings is 1. The van der Waals surface area contributed by atoms with E-state index < -0.39 is 9.84 Å². The van der Waals surface area contributed by atoms with Gasteiger partial charge in [0.1, 0.15) is 0 Å². The van der Waals surface area contributed by atoms with Crippen LogP contribution in [0.25, 0.3) is 11.5 Å². The molecular formula is C8H7N3O3S. The fourth-order valence-electron chi connectivity index (χ4n) is 0.971. The Labute approximate surface area is 85.9 Å². The second kappa shape index (κ2) is 3.43. The first kappa shape index (κ1) is 9.78. The molecule has 0 aliphatic rings. The Bertz CT molecular complexity index is 562. The van der Waals surface area contributed by atoms with Crippen LogP contribution in [-0.2, 0) is 9.84 Å². The quantitative estimate of drug-likeness (QED) is 0.741. The van der Waals surface area contributed by atoms with Gasteiger partial charge in [-0.25, -0.2) is 8.42 Å². The van der Waals surface area contributed by atoms with E-state index in [0.29, 0.717) is 5.56 Å². The van der Waals surface area contributed by atoms with Crippen LogP contribution < -0.4 is 0 Å². The normalized spacial score (nSPS) is 11.5. The molecule has 6 nitrogen and oxygen atoms in total. The van der Waals surface area contributed by atoms with Crippen LogP contribution in [0.15, 0.2) is 34.2 Å². The van der Waals surface area contributed by atoms with Crippen LogP contribution in [0.2, 0.25) is 0 Å². The van der Waals surface area contributed by atoms with E-state index in [1.54, 1.807) is 24.5 Å². The molecular weight excluding hydrogens is 218 g/mol. The monoisotopic (exact) mass is 225 g/mol. The lowest BCUT2D eigenvalue weighted by Crippen LogP contribution is -1.96. The number of sulfone groups is 1. The highest BCUT2D eigenvalue weighted by molar-refractivity contribution is 7.90. The van der Waals surface area contributed by atoms with Gasteiger partial charge in [-0.3, -0.25) is 4.98 Å². The van der Waals surface area contributed by atoms with E-state index in [1.165, 1.54) is 0 Å². The zero-order chi connectivity index (χ0) is 10.9. The zero-order valence-corrected chi connectivity index (χ0v) is 8.60. The molecule has 2 aromatic rings. The van der Waals surface area contributed by atoms with Gasteiger partial charge in [0.25, 0.3) is 0 Å². The topological polar surface area (TPSA) is 86.0 Å². The van der Waals surface area contributed by atoms with Crippen molar-refractivity contribution in [1.82, 2.24) is 15.2 Å². The number of hydrogen-bond acceptors (Lipinski definition) is 6. The lowest BCUT2D eigenvalue weighted by Gasteiger charge is -1.91. The molecule has 2 heterocycles. The summed E-state index contributed by atoms with van der Waals surface area (Å²) in [6.07, 6.45) is 4.12. The summed E-state index contributed by atoms with van der Waals surface area (Å²) in [6, 6.07) is 3.30. The highest BCUT2D eigenvalue weighted by Gasteiger charge is 2.16. The fourth-order valence-corrected chi connectivity index (χ4v) is 1.39. The van der Waals surface area contributed by atoms with Gasteiger partial charge in [-0.15, -0.1) is 5.10 Å². The molecule has 0 aromatic carbocycles. The third kappa shape index (κ3) is 2.01. The van der Waals surface area contributed by atoms with E-state index in [1.807, 2.05) is 0 Å². The van der Waals surface area contributed by atoms with E-state index in [0.717, 1.165) is 6.26 Å². The zero-order valence-electron chi connectivity index (χ0n) is 7.78. The van der Waals surface area contributed by atoms with Gasteiger partial charge in [-0.1, -0.05) is 5.10 Å². The number of nitrogens with zero attached hydrogens (tertiary/aromatic N) is 3. The maximum absolute atomic E-state index is 11.1. The van der Waals surface area contributed by atoms with E-state index in [2.05, 4.69) is 15.2 Å². The van der Waals surface area contributed by atoms with E-state index in [-0.39, 0.29) is 11.1 Å². The minimum atomic E-state index is -3.45. The summed E-state index contributed by atoms with van der Waals surface area (Å²) in [4.78, 5) is 3.82. The van der Waals surface area contributed by atoms with Crippen molar-refractivity contribution >= 4 is 9.84 Å². The Balaban J connectivity index is 2.46. The summed E-state index contributed by atoms with van der Waals surface area (Å²) < 4.78 is 27.1. The van der Waals surface area contributed by atoms with Crippen molar-refractivity contribution in [2.45, 2.75) is 5.22 Å². The molecule has 78 valence electrons. The summed E-state index contributed by atoms with van der Waals surface area (Å²) in [5.74, 6) is 0.165. The van der Waals surface area contributed by atoms with Crippen molar-refractivity contribution in [3.8, 4) is 11.5 Å². The highest BCUT2D eigenvalue weighted by Crippen LogP contribution is 2.18. The molecule has 2 aromatic heterocycles. The predicted octanol–water partition coefficient (Wildman–Crippen LogP) is 0.535. The van der Waals surface area contributed by atoms with E-state index >= 15 is 0 Å². The molecule has 0 amide bonds. The first-order chi connectivity index (χ1) is 7.07. The lowest BCUT2D eigenvalue weighted by molar-refractivity contribution is 0.442. The van der Waals surface area contributed by atoms with E-state index in [9.17, 15) is 8.42 Å². The summed E-state index contributed by atoms with van der Waals surface area (Å²) >= 11 is 0. The van der Waals surface area contributed by atoms with Crippen LogP contribution in [-0.4, -0.2) is 29.9 Å². The van der Waals surface area contributed by atoms with Crippen molar-refractivity contribution in [2.24, 2.45) is 0 Å². The number of hydrogen-bond donors (Lipinski definition) is 0.